The van der Waals surface area contributed by atoms with Crippen LogP contribution in [0.4, 0.5) is 0 Å². The van der Waals surface area contributed by atoms with Crippen LogP contribution in [0.3, 0.4) is 0 Å². The van der Waals surface area contributed by atoms with Crippen LogP contribution in [-0.2, 0) is 12.6 Å². The lowest BCUT2D eigenvalue weighted by Crippen LogP contribution is -2.38. The van der Waals surface area contributed by atoms with Crippen LogP contribution in [-0.4, -0.2) is 9.67 Å². The van der Waals surface area contributed by atoms with E-state index < -0.39 is 0 Å². The molecule has 1 aliphatic rings. The summed E-state index contributed by atoms with van der Waals surface area (Å²) in [6.07, 6.45) is 7.87. The summed E-state index contributed by atoms with van der Waals surface area (Å²) in [5, 5.41) is 11.1. The van der Waals surface area contributed by atoms with Crippen LogP contribution in [0.1, 0.15) is 37.7 Å². The van der Waals surface area contributed by atoms with Crippen molar-refractivity contribution in [1.29, 1.82) is 0 Å². The first-order chi connectivity index (χ1) is 8.62. The fraction of sp³-hybridized carbons (Fsp3) is 0.467. The second-order valence-electron chi connectivity index (χ2n) is 5.54. The lowest BCUT2D eigenvalue weighted by Gasteiger charge is -2.33. The van der Waals surface area contributed by atoms with E-state index in [0.29, 0.717) is 5.75 Å². The fourth-order valence-electron chi connectivity index (χ4n) is 3.30. The van der Waals surface area contributed by atoms with Gasteiger partial charge in [-0.05, 0) is 24.5 Å². The predicted octanol–water partition coefficient (Wildman–Crippen LogP) is 3.00. The first kappa shape index (κ1) is 11.6. The van der Waals surface area contributed by atoms with Gasteiger partial charge in [0.15, 0.2) is 0 Å². The molecule has 3 N–H and O–H groups in total. The Morgan fingerprint density at radius 1 is 1.22 bits per heavy atom. The van der Waals surface area contributed by atoms with Crippen molar-refractivity contribution in [3.8, 4) is 5.75 Å². The molecule has 3 rings (SSSR count). The molecule has 3 heteroatoms. The number of hydrogen-bond acceptors (Lipinski definition) is 2. The summed E-state index contributed by atoms with van der Waals surface area (Å²) in [4.78, 5) is 0. The number of benzene rings is 1. The minimum atomic E-state index is -0.217. The second kappa shape index (κ2) is 4.02. The van der Waals surface area contributed by atoms with Crippen LogP contribution in [0.15, 0.2) is 24.4 Å². The third-order valence-corrected chi connectivity index (χ3v) is 4.26. The average Bonchev–Trinajstić information content (AvgIpc) is 2.70. The summed E-state index contributed by atoms with van der Waals surface area (Å²) in [6.45, 7) is 0. The van der Waals surface area contributed by atoms with E-state index in [1.165, 1.54) is 24.8 Å². The third kappa shape index (κ3) is 1.62. The summed E-state index contributed by atoms with van der Waals surface area (Å²) in [7, 11) is 1.97. The van der Waals surface area contributed by atoms with Crippen LogP contribution in [0.25, 0.3) is 10.9 Å². The van der Waals surface area contributed by atoms with Crippen molar-refractivity contribution in [3.05, 3.63) is 30.0 Å². The van der Waals surface area contributed by atoms with Crippen molar-refractivity contribution >= 4 is 10.9 Å². The number of phenols is 1. The zero-order chi connectivity index (χ0) is 12.8. The number of aryl methyl sites for hydroxylation is 1. The Labute approximate surface area is 107 Å². The molecular weight excluding hydrogens is 224 g/mol. The van der Waals surface area contributed by atoms with Gasteiger partial charge in [0, 0.05) is 24.2 Å². The number of aromatic nitrogens is 1. The van der Waals surface area contributed by atoms with Gasteiger partial charge in [-0.15, -0.1) is 0 Å². The predicted molar refractivity (Wildman–Crippen MR) is 73.5 cm³/mol. The molecule has 1 fully saturated rings. The van der Waals surface area contributed by atoms with E-state index in [9.17, 15) is 5.11 Å². The van der Waals surface area contributed by atoms with Crippen LogP contribution >= 0.6 is 0 Å². The Kier molecular flexibility index (Phi) is 2.59. The summed E-state index contributed by atoms with van der Waals surface area (Å²) in [5.41, 5.74) is 8.48. The number of nitrogens with two attached hydrogens (primary N) is 1. The van der Waals surface area contributed by atoms with Crippen molar-refractivity contribution < 1.29 is 5.11 Å². The zero-order valence-electron chi connectivity index (χ0n) is 10.8. The highest BCUT2D eigenvalue weighted by molar-refractivity contribution is 5.89. The molecule has 1 aliphatic carbocycles. The van der Waals surface area contributed by atoms with E-state index in [-0.39, 0.29) is 5.54 Å². The molecule has 1 saturated carbocycles. The maximum Gasteiger partial charge on any atom is 0.139 e. The average molecular weight is 244 g/mol. The van der Waals surface area contributed by atoms with Crippen molar-refractivity contribution in [2.75, 3.05) is 0 Å². The van der Waals surface area contributed by atoms with E-state index >= 15 is 0 Å². The molecule has 0 bridgehead atoms. The minimum absolute atomic E-state index is 0.217. The van der Waals surface area contributed by atoms with Gasteiger partial charge < -0.3 is 15.4 Å². The monoisotopic (exact) mass is 244 g/mol. The minimum Gasteiger partial charge on any atom is -0.506 e. The van der Waals surface area contributed by atoms with Gasteiger partial charge in [0.25, 0.3) is 0 Å². The van der Waals surface area contributed by atoms with Gasteiger partial charge in [0.1, 0.15) is 5.75 Å². The number of fused-ring (bicyclic) bond motifs is 1. The lowest BCUT2D eigenvalue weighted by atomic mass is 9.77. The van der Waals surface area contributed by atoms with Crippen LogP contribution < -0.4 is 5.73 Å². The van der Waals surface area contributed by atoms with E-state index in [0.717, 1.165) is 23.7 Å². The van der Waals surface area contributed by atoms with Gasteiger partial charge in [-0.3, -0.25) is 0 Å². The van der Waals surface area contributed by atoms with E-state index in [1.54, 1.807) is 6.07 Å². The highest BCUT2D eigenvalue weighted by Crippen LogP contribution is 2.40. The molecule has 0 amide bonds. The van der Waals surface area contributed by atoms with Crippen LogP contribution in [0, 0.1) is 0 Å². The molecule has 1 heterocycles. The highest BCUT2D eigenvalue weighted by atomic mass is 16.3. The van der Waals surface area contributed by atoms with Gasteiger partial charge >= 0.3 is 0 Å². The molecule has 0 atom stereocenters. The maximum absolute atomic E-state index is 9.99. The Morgan fingerprint density at radius 2 is 1.94 bits per heavy atom. The largest absolute Gasteiger partial charge is 0.506 e. The molecule has 0 spiro atoms. The summed E-state index contributed by atoms with van der Waals surface area (Å²) in [6, 6.07) is 5.69. The summed E-state index contributed by atoms with van der Waals surface area (Å²) >= 11 is 0. The topological polar surface area (TPSA) is 51.2 Å². The Bertz CT molecular complexity index is 579. The molecule has 18 heavy (non-hydrogen) atoms. The van der Waals surface area contributed by atoms with Gasteiger partial charge in [0.05, 0.1) is 5.52 Å². The van der Waals surface area contributed by atoms with Gasteiger partial charge in [-0.25, -0.2) is 0 Å². The SMILES string of the molecule is Cn1cc(C2(N)CCCCC2)c2cccc(O)c21. The second-order valence-corrected chi connectivity index (χ2v) is 5.54. The highest BCUT2D eigenvalue weighted by Gasteiger charge is 2.32. The zero-order valence-corrected chi connectivity index (χ0v) is 10.8. The Hall–Kier alpha value is -1.48. The van der Waals surface area contributed by atoms with Crippen molar-refractivity contribution in [1.82, 2.24) is 4.57 Å². The van der Waals surface area contributed by atoms with Gasteiger partial charge in [-0.2, -0.15) is 0 Å². The molecule has 1 aromatic carbocycles. The van der Waals surface area contributed by atoms with Crippen molar-refractivity contribution in [2.45, 2.75) is 37.6 Å². The quantitative estimate of drug-likeness (QED) is 0.810. The summed E-state index contributed by atoms with van der Waals surface area (Å²) in [5.74, 6) is 0.334. The molecule has 96 valence electrons. The van der Waals surface area contributed by atoms with Crippen molar-refractivity contribution in [3.63, 3.8) is 0 Å². The molecule has 3 nitrogen and oxygen atoms in total. The first-order valence-electron chi connectivity index (χ1n) is 6.68. The standard InChI is InChI=1S/C15H20N2O/c1-17-10-12(15(16)8-3-2-4-9-15)11-6-5-7-13(18)14(11)17/h5-7,10,18H,2-4,8-9,16H2,1H3. The molecule has 0 radical (unpaired) electrons. The van der Waals surface area contributed by atoms with Crippen LogP contribution in [0.2, 0.25) is 0 Å². The number of rotatable bonds is 1. The number of para-hydroxylation sites is 1. The molecule has 2 aromatic rings. The molecular formula is C15H20N2O. The van der Waals surface area contributed by atoms with Crippen molar-refractivity contribution in [2.24, 2.45) is 12.8 Å². The molecule has 0 aliphatic heterocycles. The van der Waals surface area contributed by atoms with Gasteiger partial charge in [-0.1, -0.05) is 31.4 Å². The van der Waals surface area contributed by atoms with Gasteiger partial charge in [0.2, 0.25) is 0 Å². The molecule has 1 aromatic heterocycles. The molecule has 0 saturated heterocycles. The van der Waals surface area contributed by atoms with E-state index in [2.05, 4.69) is 12.3 Å². The number of phenolic OH excluding ortho intramolecular Hbond substituents is 1. The maximum atomic E-state index is 9.99. The molecule has 0 unspecified atom stereocenters. The lowest BCUT2D eigenvalue weighted by molar-refractivity contribution is 0.304. The van der Waals surface area contributed by atoms with E-state index in [4.69, 9.17) is 5.73 Å². The Balaban J connectivity index is 2.21. The number of nitrogens with zero attached hydrogens (tertiary/aromatic N) is 1. The normalized spacial score (nSPS) is 19.2. The number of hydrogen-bond donors (Lipinski definition) is 2. The number of aromatic hydroxyl groups is 1. The third-order valence-electron chi connectivity index (χ3n) is 4.26. The first-order valence-corrected chi connectivity index (χ1v) is 6.68. The Morgan fingerprint density at radius 3 is 2.67 bits per heavy atom. The summed E-state index contributed by atoms with van der Waals surface area (Å²) < 4.78 is 1.99. The fourth-order valence-corrected chi connectivity index (χ4v) is 3.30. The van der Waals surface area contributed by atoms with Crippen LogP contribution in [0.5, 0.6) is 5.75 Å². The van der Waals surface area contributed by atoms with E-state index in [1.807, 2.05) is 17.7 Å². The smallest absolute Gasteiger partial charge is 0.139 e.